The molecule has 1 N–H and O–H groups in total. The van der Waals surface area contributed by atoms with Crippen LogP contribution in [0.25, 0.3) is 28.2 Å². The first-order valence-corrected chi connectivity index (χ1v) is 19.0. The van der Waals surface area contributed by atoms with Crippen molar-refractivity contribution in [3.8, 4) is 11.3 Å². The highest BCUT2D eigenvalue weighted by Crippen LogP contribution is 2.37. The van der Waals surface area contributed by atoms with E-state index in [2.05, 4.69) is 67.7 Å². The van der Waals surface area contributed by atoms with Crippen molar-refractivity contribution >= 4 is 37.3 Å². The van der Waals surface area contributed by atoms with E-state index in [1.165, 1.54) is 5.56 Å². The Morgan fingerprint density at radius 1 is 1.00 bits per heavy atom. The number of ether oxygens (including phenoxy) is 1. The third kappa shape index (κ3) is 7.12. The molecule has 8 nitrogen and oxygen atoms in total. The fourth-order valence-electron chi connectivity index (χ4n) is 5.92. The monoisotopic (exact) mass is 630 g/mol. The molecule has 1 saturated heterocycles. The number of nitrogens with one attached hydrogen (secondary N) is 1. The maximum absolute atomic E-state index is 13.7. The van der Waals surface area contributed by atoms with E-state index in [0.717, 1.165) is 67.9 Å². The van der Waals surface area contributed by atoms with Crippen LogP contribution in [0, 0.1) is 0 Å². The van der Waals surface area contributed by atoms with Gasteiger partial charge >= 0.3 is 6.09 Å². The smallest absolute Gasteiger partial charge is 0.419 e. The highest BCUT2D eigenvalue weighted by molar-refractivity contribution is 6.74. The van der Waals surface area contributed by atoms with Gasteiger partial charge in [0.1, 0.15) is 5.60 Å². The number of amides is 1. The molecule has 0 bridgehead atoms. The number of benzene rings is 2. The van der Waals surface area contributed by atoms with E-state index < -0.39 is 20.0 Å². The Kier molecular flexibility index (Phi) is 9.21. The Labute approximate surface area is 269 Å². The van der Waals surface area contributed by atoms with Gasteiger partial charge in [0.05, 0.1) is 16.8 Å². The third-order valence-corrected chi connectivity index (χ3v) is 14.0. The van der Waals surface area contributed by atoms with Crippen LogP contribution in [0.2, 0.25) is 18.1 Å². The normalized spacial score (nSPS) is 16.6. The number of carbonyl (C=O) groups excluding carboxylic acids is 2. The molecule has 1 fully saturated rings. The summed E-state index contributed by atoms with van der Waals surface area (Å²) in [6, 6.07) is 12.2. The van der Waals surface area contributed by atoms with Gasteiger partial charge in [-0.3, -0.25) is 14.6 Å². The number of piperazine rings is 1. The number of fused-ring (bicyclic) bond motifs is 2. The van der Waals surface area contributed by atoms with E-state index in [1.807, 2.05) is 45.0 Å². The second-order valence-electron chi connectivity index (χ2n) is 14.9. The zero-order chi connectivity index (χ0) is 32.7. The van der Waals surface area contributed by atoms with Crippen molar-refractivity contribution in [2.45, 2.75) is 78.4 Å². The quantitative estimate of drug-likeness (QED) is 0.267. The minimum atomic E-state index is -1.72. The summed E-state index contributed by atoms with van der Waals surface area (Å²) in [5, 5.41) is 4.11. The molecule has 0 spiro atoms. The standard InChI is InChI=1S/C36H50N4O4Si/c1-10-26-12-13-28(32-29(26)23-37-33(32)41)31-22-27-21-25(11-14-30(27)40(31)34(42)44-35(2,3)4)24-39-17-15-38(16-18-39)19-20-43-45(8,9)36(5,6)7/h10-14,21-22H,1,15-20,23-24H2,2-9H3,(H,37,41). The third-order valence-electron chi connectivity index (χ3n) is 9.49. The minimum absolute atomic E-state index is 0.143. The van der Waals surface area contributed by atoms with Crippen LogP contribution in [0.3, 0.4) is 0 Å². The Balaban J connectivity index is 1.36. The number of nitrogens with zero attached hydrogens (tertiary/aromatic N) is 3. The van der Waals surface area contributed by atoms with Gasteiger partial charge in [0, 0.05) is 63.4 Å². The summed E-state index contributed by atoms with van der Waals surface area (Å²) < 4.78 is 13.9. The molecule has 1 amide bonds. The topological polar surface area (TPSA) is 76.0 Å². The summed E-state index contributed by atoms with van der Waals surface area (Å²) in [6.07, 6.45) is 1.30. The average Bonchev–Trinajstić information content (AvgIpc) is 3.53. The van der Waals surface area contributed by atoms with Crippen molar-refractivity contribution in [3.63, 3.8) is 0 Å². The van der Waals surface area contributed by atoms with E-state index in [4.69, 9.17) is 9.16 Å². The van der Waals surface area contributed by atoms with Gasteiger partial charge in [0.25, 0.3) is 5.91 Å². The largest absolute Gasteiger partial charge is 0.443 e. The van der Waals surface area contributed by atoms with Crippen LogP contribution in [-0.2, 0) is 22.3 Å². The lowest BCUT2D eigenvalue weighted by Crippen LogP contribution is -2.48. The minimum Gasteiger partial charge on any atom is -0.443 e. The van der Waals surface area contributed by atoms with E-state index in [-0.39, 0.29) is 10.9 Å². The van der Waals surface area contributed by atoms with E-state index in [9.17, 15) is 9.59 Å². The Morgan fingerprint density at radius 2 is 1.69 bits per heavy atom. The van der Waals surface area contributed by atoms with Crippen LogP contribution >= 0.6 is 0 Å². The van der Waals surface area contributed by atoms with Gasteiger partial charge in [-0.15, -0.1) is 0 Å². The van der Waals surface area contributed by atoms with Gasteiger partial charge in [-0.05, 0) is 73.8 Å². The van der Waals surface area contributed by atoms with Gasteiger partial charge < -0.3 is 14.5 Å². The number of aromatic nitrogens is 1. The molecule has 2 aliphatic rings. The van der Waals surface area contributed by atoms with Gasteiger partial charge in [-0.1, -0.05) is 51.6 Å². The molecule has 0 radical (unpaired) electrons. The number of hydrogen-bond acceptors (Lipinski definition) is 6. The van der Waals surface area contributed by atoms with Crippen LogP contribution in [0.15, 0.2) is 43.0 Å². The fraction of sp³-hybridized carbons (Fsp3) is 0.500. The predicted octanol–water partition coefficient (Wildman–Crippen LogP) is 7.12. The Morgan fingerprint density at radius 3 is 2.33 bits per heavy atom. The van der Waals surface area contributed by atoms with E-state index >= 15 is 0 Å². The lowest BCUT2D eigenvalue weighted by molar-refractivity contribution is 0.0547. The van der Waals surface area contributed by atoms with Gasteiger partial charge in [0.2, 0.25) is 0 Å². The molecular formula is C36H50N4O4Si. The molecular weight excluding hydrogens is 581 g/mol. The number of hydrogen-bond donors (Lipinski definition) is 1. The van der Waals surface area contributed by atoms with Crippen LogP contribution in [0.1, 0.15) is 68.6 Å². The highest BCUT2D eigenvalue weighted by Gasteiger charge is 2.37. The van der Waals surface area contributed by atoms with Gasteiger partial charge in [0.15, 0.2) is 8.32 Å². The second kappa shape index (κ2) is 12.5. The molecule has 2 aromatic carbocycles. The SMILES string of the molecule is C=Cc1ccc(-c2cc3cc(CN4CCN(CCO[Si](C)(C)C(C)(C)C)CC4)ccc3n2C(=O)OC(C)(C)C)c2c1CNC2=O. The molecule has 242 valence electrons. The average molecular weight is 631 g/mol. The molecule has 3 aromatic rings. The number of carbonyl (C=O) groups is 2. The molecule has 2 aliphatic heterocycles. The lowest BCUT2D eigenvalue weighted by Gasteiger charge is -2.38. The second-order valence-corrected chi connectivity index (χ2v) is 19.7. The van der Waals surface area contributed by atoms with Crippen molar-refractivity contribution in [1.29, 1.82) is 0 Å². The molecule has 0 atom stereocenters. The van der Waals surface area contributed by atoms with Crippen molar-refractivity contribution in [2.24, 2.45) is 0 Å². The lowest BCUT2D eigenvalue weighted by atomic mass is 9.96. The molecule has 3 heterocycles. The highest BCUT2D eigenvalue weighted by atomic mass is 28.4. The Hall–Kier alpha value is -3.24. The molecule has 45 heavy (non-hydrogen) atoms. The van der Waals surface area contributed by atoms with E-state index in [0.29, 0.717) is 23.4 Å². The summed E-state index contributed by atoms with van der Waals surface area (Å²) in [4.78, 5) is 31.7. The molecule has 9 heteroatoms. The zero-order valence-electron chi connectivity index (χ0n) is 28.4. The number of rotatable bonds is 8. The molecule has 0 saturated carbocycles. The van der Waals surface area contributed by atoms with Gasteiger partial charge in [-0.2, -0.15) is 0 Å². The van der Waals surface area contributed by atoms with Crippen molar-refractivity contribution in [1.82, 2.24) is 19.7 Å². The molecule has 0 aliphatic carbocycles. The summed E-state index contributed by atoms with van der Waals surface area (Å²) in [6.45, 7) is 28.1. The maximum atomic E-state index is 13.7. The Bertz CT molecular complexity index is 1600. The van der Waals surface area contributed by atoms with Crippen LogP contribution in [-0.4, -0.2) is 79.6 Å². The van der Waals surface area contributed by atoms with Gasteiger partial charge in [-0.25, -0.2) is 9.36 Å². The predicted molar refractivity (Wildman–Crippen MR) is 185 cm³/mol. The summed E-state index contributed by atoms with van der Waals surface area (Å²) in [5.74, 6) is -0.143. The van der Waals surface area contributed by atoms with Crippen LogP contribution in [0.5, 0.6) is 0 Å². The summed E-state index contributed by atoms with van der Waals surface area (Å²) in [5.41, 5.74) is 5.04. The first kappa shape index (κ1) is 33.1. The molecule has 0 unspecified atom stereocenters. The summed E-state index contributed by atoms with van der Waals surface area (Å²) in [7, 11) is -1.72. The van der Waals surface area contributed by atoms with E-state index in [1.54, 1.807) is 10.6 Å². The van der Waals surface area contributed by atoms with Crippen LogP contribution in [0.4, 0.5) is 4.79 Å². The van der Waals surface area contributed by atoms with Crippen LogP contribution < -0.4 is 5.32 Å². The zero-order valence-corrected chi connectivity index (χ0v) is 29.4. The molecule has 1 aromatic heterocycles. The first-order valence-electron chi connectivity index (χ1n) is 16.1. The summed E-state index contributed by atoms with van der Waals surface area (Å²) >= 11 is 0. The molecule has 5 rings (SSSR count). The first-order chi connectivity index (χ1) is 21.1. The van der Waals surface area contributed by atoms with Crippen molar-refractivity contribution in [2.75, 3.05) is 39.3 Å². The fourth-order valence-corrected chi connectivity index (χ4v) is 6.95. The maximum Gasteiger partial charge on any atom is 0.419 e. The van der Waals surface area contributed by atoms with Crippen molar-refractivity contribution < 1.29 is 18.8 Å². The van der Waals surface area contributed by atoms with Crippen molar-refractivity contribution in [3.05, 3.63) is 65.2 Å².